The van der Waals surface area contributed by atoms with Gasteiger partial charge in [-0.1, -0.05) is 30.3 Å². The van der Waals surface area contributed by atoms with Crippen molar-refractivity contribution in [1.29, 1.82) is 0 Å². The Morgan fingerprint density at radius 1 is 0.912 bits per heavy atom. The van der Waals surface area contributed by atoms with E-state index in [-0.39, 0.29) is 28.5 Å². The van der Waals surface area contributed by atoms with E-state index in [1.54, 1.807) is 36.4 Å². The Balaban J connectivity index is 1.56. The van der Waals surface area contributed by atoms with Gasteiger partial charge in [-0.25, -0.2) is 4.79 Å². The molecular weight excluding hydrogens is 444 g/mol. The number of non-ortho nitro benzene ring substituents is 1. The Bertz CT molecular complexity index is 1420. The first-order chi connectivity index (χ1) is 16.4. The van der Waals surface area contributed by atoms with Gasteiger partial charge in [-0.3, -0.25) is 20.2 Å². The third-order valence-corrected chi connectivity index (χ3v) is 4.89. The first kappa shape index (κ1) is 22.2. The first-order valence-electron chi connectivity index (χ1n) is 9.85. The van der Waals surface area contributed by atoms with E-state index in [0.29, 0.717) is 11.1 Å². The number of nitro benzene ring substituents is 2. The molecular formula is C24H16N2O8. The number of benzene rings is 3. The zero-order chi connectivity index (χ0) is 24.2. The molecule has 0 atom stereocenters. The Morgan fingerprint density at radius 2 is 1.71 bits per heavy atom. The molecule has 34 heavy (non-hydrogen) atoms. The fourth-order valence-electron chi connectivity index (χ4n) is 3.24. The average Bonchev–Trinajstić information content (AvgIpc) is 3.27. The number of methoxy groups -OCH3 is 1. The van der Waals surface area contributed by atoms with Gasteiger partial charge in [0.05, 0.1) is 28.6 Å². The van der Waals surface area contributed by atoms with Gasteiger partial charge in [-0.05, 0) is 42.0 Å². The molecule has 4 aromatic rings. The molecule has 10 heteroatoms. The number of furan rings is 1. The van der Waals surface area contributed by atoms with Crippen molar-refractivity contribution >= 4 is 40.5 Å². The highest BCUT2D eigenvalue weighted by Gasteiger charge is 2.19. The van der Waals surface area contributed by atoms with Crippen LogP contribution < -0.4 is 9.47 Å². The van der Waals surface area contributed by atoms with Crippen LogP contribution in [0.4, 0.5) is 11.4 Å². The zero-order valence-electron chi connectivity index (χ0n) is 17.7. The van der Waals surface area contributed by atoms with Crippen molar-refractivity contribution in [1.82, 2.24) is 0 Å². The number of rotatable bonds is 7. The summed E-state index contributed by atoms with van der Waals surface area (Å²) in [5.41, 5.74) is 0.570. The summed E-state index contributed by atoms with van der Waals surface area (Å²) >= 11 is 0. The Hall–Kier alpha value is -4.99. The van der Waals surface area contributed by atoms with Crippen molar-refractivity contribution in [3.05, 3.63) is 104 Å². The molecule has 0 aliphatic carbocycles. The van der Waals surface area contributed by atoms with Crippen LogP contribution in [0, 0.1) is 20.2 Å². The number of para-hydroxylation sites is 1. The minimum atomic E-state index is -0.698. The lowest BCUT2D eigenvalue weighted by Crippen LogP contribution is -2.08. The third kappa shape index (κ3) is 4.60. The molecule has 4 rings (SSSR count). The van der Waals surface area contributed by atoms with Crippen LogP contribution in [-0.4, -0.2) is 22.9 Å². The molecule has 0 fully saturated rings. The van der Waals surface area contributed by atoms with Gasteiger partial charge in [-0.15, -0.1) is 0 Å². The summed E-state index contributed by atoms with van der Waals surface area (Å²) in [5, 5.41) is 23.0. The van der Waals surface area contributed by atoms with Crippen LogP contribution in [0.3, 0.4) is 0 Å². The number of carbonyl (C=O) groups excluding carboxylic acids is 1. The predicted molar refractivity (Wildman–Crippen MR) is 123 cm³/mol. The number of esters is 1. The minimum absolute atomic E-state index is 0.0395. The molecule has 1 aromatic heterocycles. The fraction of sp³-hybridized carbons (Fsp3) is 0.0417. The zero-order valence-corrected chi connectivity index (χ0v) is 17.7. The number of nitrogens with zero attached hydrogens (tertiary/aromatic N) is 2. The second-order valence-electron chi connectivity index (χ2n) is 7.04. The van der Waals surface area contributed by atoms with Gasteiger partial charge in [0.2, 0.25) is 5.76 Å². The fourth-order valence-corrected chi connectivity index (χ4v) is 3.24. The molecule has 0 spiro atoms. The molecule has 10 nitrogen and oxygen atoms in total. The largest absolute Gasteiger partial charge is 0.493 e. The predicted octanol–water partition coefficient (Wildman–Crippen LogP) is 5.65. The van der Waals surface area contributed by atoms with E-state index >= 15 is 0 Å². The molecule has 0 amide bonds. The summed E-state index contributed by atoms with van der Waals surface area (Å²) in [6.07, 6.45) is 3.03. The van der Waals surface area contributed by atoms with Crippen molar-refractivity contribution in [3.8, 4) is 11.5 Å². The van der Waals surface area contributed by atoms with Gasteiger partial charge < -0.3 is 13.9 Å². The molecule has 0 saturated carbocycles. The van der Waals surface area contributed by atoms with E-state index in [4.69, 9.17) is 13.9 Å². The number of carbonyl (C=O) groups is 1. The van der Waals surface area contributed by atoms with Crippen LogP contribution in [-0.2, 0) is 0 Å². The molecule has 0 N–H and O–H groups in total. The Labute approximate surface area is 191 Å². The summed E-state index contributed by atoms with van der Waals surface area (Å²) in [5.74, 6) is -0.242. The molecule has 0 bridgehead atoms. The second-order valence-corrected chi connectivity index (χ2v) is 7.04. The van der Waals surface area contributed by atoms with E-state index in [1.165, 1.54) is 31.4 Å². The molecule has 0 saturated heterocycles. The smallest absolute Gasteiger partial charge is 0.379 e. The maximum Gasteiger partial charge on any atom is 0.379 e. The molecule has 0 radical (unpaired) electrons. The van der Waals surface area contributed by atoms with Crippen molar-refractivity contribution in [2.45, 2.75) is 0 Å². The van der Waals surface area contributed by atoms with Crippen molar-refractivity contribution < 1.29 is 28.5 Å². The maximum atomic E-state index is 12.5. The summed E-state index contributed by atoms with van der Waals surface area (Å²) in [4.78, 5) is 33.3. The lowest BCUT2D eigenvalue weighted by molar-refractivity contribution is -0.394. The molecule has 0 unspecified atom stereocenters. The van der Waals surface area contributed by atoms with E-state index in [9.17, 15) is 25.0 Å². The van der Waals surface area contributed by atoms with Crippen LogP contribution in [0.15, 0.2) is 71.1 Å². The third-order valence-electron chi connectivity index (χ3n) is 4.89. The van der Waals surface area contributed by atoms with E-state index in [1.807, 2.05) is 12.1 Å². The lowest BCUT2D eigenvalue weighted by Gasteiger charge is -2.09. The standard InChI is InChI=1S/C24H16N2O8/c1-32-22-12-15(6-8-16-9-10-18(25(28)29)14-19(16)26(30)31)7-11-21(22)34-24(27)23-13-17-4-2-3-5-20(17)33-23/h2-14H,1H3/b8-6+. The normalized spacial score (nSPS) is 11.0. The van der Waals surface area contributed by atoms with Crippen molar-refractivity contribution in [3.63, 3.8) is 0 Å². The highest BCUT2D eigenvalue weighted by Crippen LogP contribution is 2.31. The monoisotopic (exact) mass is 460 g/mol. The summed E-state index contributed by atoms with van der Waals surface area (Å²) in [6.45, 7) is 0. The Morgan fingerprint density at radius 3 is 2.41 bits per heavy atom. The van der Waals surface area contributed by atoms with Crippen LogP contribution in [0.5, 0.6) is 11.5 Å². The van der Waals surface area contributed by atoms with Crippen LogP contribution >= 0.6 is 0 Å². The maximum absolute atomic E-state index is 12.5. The molecule has 0 aliphatic heterocycles. The second kappa shape index (κ2) is 9.25. The summed E-state index contributed by atoms with van der Waals surface area (Å²) in [6, 6.07) is 16.9. The van der Waals surface area contributed by atoms with Crippen LogP contribution in [0.25, 0.3) is 23.1 Å². The quantitative estimate of drug-likeness (QED) is 0.114. The van der Waals surface area contributed by atoms with Crippen molar-refractivity contribution in [2.24, 2.45) is 0 Å². The topological polar surface area (TPSA) is 135 Å². The first-order valence-corrected chi connectivity index (χ1v) is 9.85. The van der Waals surface area contributed by atoms with E-state index in [0.717, 1.165) is 11.5 Å². The summed E-state index contributed by atoms with van der Waals surface area (Å²) in [7, 11) is 1.41. The highest BCUT2D eigenvalue weighted by atomic mass is 16.6. The van der Waals surface area contributed by atoms with Crippen LogP contribution in [0.2, 0.25) is 0 Å². The number of ether oxygens (including phenoxy) is 2. The summed E-state index contributed by atoms with van der Waals surface area (Å²) < 4.78 is 16.3. The van der Waals surface area contributed by atoms with Crippen LogP contribution in [0.1, 0.15) is 21.7 Å². The SMILES string of the molecule is COc1cc(/C=C/c2ccc([N+](=O)[O-])cc2[N+](=O)[O-])ccc1OC(=O)c1cc2ccccc2o1. The van der Waals surface area contributed by atoms with Gasteiger partial charge >= 0.3 is 5.97 Å². The van der Waals surface area contributed by atoms with E-state index < -0.39 is 21.5 Å². The lowest BCUT2D eigenvalue weighted by atomic mass is 10.1. The van der Waals surface area contributed by atoms with Gasteiger partial charge in [0.1, 0.15) is 5.58 Å². The number of hydrogen-bond acceptors (Lipinski definition) is 8. The molecule has 170 valence electrons. The molecule has 3 aromatic carbocycles. The van der Waals surface area contributed by atoms with Gasteiger partial charge in [0.15, 0.2) is 11.5 Å². The number of nitro groups is 2. The molecule has 0 aliphatic rings. The Kier molecular flexibility index (Phi) is 6.04. The molecule has 1 heterocycles. The van der Waals surface area contributed by atoms with Gasteiger partial charge in [-0.2, -0.15) is 0 Å². The average molecular weight is 460 g/mol. The van der Waals surface area contributed by atoms with Crippen molar-refractivity contribution in [2.75, 3.05) is 7.11 Å². The van der Waals surface area contributed by atoms with Gasteiger partial charge in [0, 0.05) is 11.5 Å². The van der Waals surface area contributed by atoms with E-state index in [2.05, 4.69) is 0 Å². The number of hydrogen-bond donors (Lipinski definition) is 0. The number of fused-ring (bicyclic) bond motifs is 1. The van der Waals surface area contributed by atoms with Gasteiger partial charge in [0.25, 0.3) is 11.4 Å². The highest BCUT2D eigenvalue weighted by molar-refractivity contribution is 5.94. The minimum Gasteiger partial charge on any atom is -0.493 e.